The van der Waals surface area contributed by atoms with Gasteiger partial charge in [-0.15, -0.1) is 0 Å². The zero-order chi connectivity index (χ0) is 12.8. The minimum Gasteiger partial charge on any atom is -0.480 e. The Morgan fingerprint density at radius 2 is 2.06 bits per heavy atom. The number of nitrogens with zero attached hydrogens (tertiary/aromatic N) is 1. The fourth-order valence-corrected chi connectivity index (χ4v) is 1.42. The molecule has 0 radical (unpaired) electrons. The summed E-state index contributed by atoms with van der Waals surface area (Å²) in [5.41, 5.74) is 12.6. The molecule has 92 valence electrons. The first-order chi connectivity index (χ1) is 8.02. The lowest BCUT2D eigenvalue weighted by molar-refractivity contribution is -0.138. The monoisotopic (exact) mass is 253 g/mol. The van der Waals surface area contributed by atoms with E-state index in [-0.39, 0.29) is 0 Å². The van der Waals surface area contributed by atoms with Crippen LogP contribution in [0.3, 0.4) is 0 Å². The molecule has 5 nitrogen and oxygen atoms in total. The van der Waals surface area contributed by atoms with Gasteiger partial charge in [0.05, 0.1) is 5.69 Å². The van der Waals surface area contributed by atoms with Crippen molar-refractivity contribution in [3.05, 3.63) is 29.8 Å². The fourth-order valence-electron chi connectivity index (χ4n) is 1.22. The second-order valence-corrected chi connectivity index (χ2v) is 4.30. The van der Waals surface area contributed by atoms with Crippen LogP contribution in [0.4, 0.5) is 5.69 Å². The molecule has 1 atom stereocenters. The first kappa shape index (κ1) is 13.5. The number of amidine groups is 1. The lowest BCUT2D eigenvalue weighted by Gasteiger charge is -2.06. The number of benzene rings is 1. The lowest BCUT2D eigenvalue weighted by Crippen LogP contribution is -2.32. The van der Waals surface area contributed by atoms with Crippen LogP contribution in [0.25, 0.3) is 0 Å². The van der Waals surface area contributed by atoms with Gasteiger partial charge in [0, 0.05) is 0 Å². The van der Waals surface area contributed by atoms with Gasteiger partial charge in [-0.3, -0.25) is 4.79 Å². The Kier molecular flexibility index (Phi) is 4.99. The van der Waals surface area contributed by atoms with Crippen LogP contribution in [0.2, 0.25) is 0 Å². The van der Waals surface area contributed by atoms with E-state index in [1.165, 1.54) is 11.8 Å². The van der Waals surface area contributed by atoms with E-state index in [4.69, 9.17) is 16.6 Å². The van der Waals surface area contributed by atoms with Gasteiger partial charge in [-0.25, -0.2) is 4.99 Å². The molecule has 0 aliphatic rings. The van der Waals surface area contributed by atoms with Crippen molar-refractivity contribution in [3.63, 3.8) is 0 Å². The molecule has 0 aliphatic heterocycles. The average molecular weight is 253 g/mol. The molecule has 1 aromatic rings. The number of aliphatic carboxylic acids is 1. The summed E-state index contributed by atoms with van der Waals surface area (Å²) in [6, 6.07) is 6.30. The highest BCUT2D eigenvalue weighted by Gasteiger charge is 2.11. The van der Waals surface area contributed by atoms with Gasteiger partial charge in [0.25, 0.3) is 0 Å². The summed E-state index contributed by atoms with van der Waals surface area (Å²) in [5.74, 6) is -1.00. The molecule has 0 saturated carbocycles. The smallest absolute Gasteiger partial charge is 0.320 e. The number of carboxylic acid groups (broad SMARTS) is 1. The van der Waals surface area contributed by atoms with Crippen LogP contribution in [-0.2, 0) is 11.2 Å². The molecule has 0 bridgehead atoms. The molecule has 17 heavy (non-hydrogen) atoms. The molecule has 6 heteroatoms. The van der Waals surface area contributed by atoms with Gasteiger partial charge in [-0.1, -0.05) is 23.9 Å². The lowest BCUT2D eigenvalue weighted by atomic mass is 10.1. The summed E-state index contributed by atoms with van der Waals surface area (Å²) in [5, 5.41) is 9.17. The van der Waals surface area contributed by atoms with Crippen LogP contribution < -0.4 is 11.5 Å². The highest BCUT2D eigenvalue weighted by molar-refractivity contribution is 8.13. The summed E-state index contributed by atoms with van der Waals surface area (Å²) < 4.78 is 0. The standard InChI is InChI=1S/C11H15N3O2S/c1-17-11(13)14-8-4-2-7(3-5-8)6-9(12)10(15)16/h2-5,9H,6,12H2,1H3,(H2,13,14)(H,15,16). The highest BCUT2D eigenvalue weighted by Crippen LogP contribution is 2.15. The topological polar surface area (TPSA) is 102 Å². The molecule has 0 aliphatic carbocycles. The maximum Gasteiger partial charge on any atom is 0.320 e. The third-order valence-corrected chi connectivity index (χ3v) is 2.67. The molecule has 5 N–H and O–H groups in total. The largest absolute Gasteiger partial charge is 0.480 e. The molecule has 0 spiro atoms. The Bertz CT molecular complexity index is 417. The predicted octanol–water partition coefficient (Wildman–Crippen LogP) is 0.950. The Balaban J connectivity index is 2.71. The van der Waals surface area contributed by atoms with Crippen molar-refractivity contribution >= 4 is 28.6 Å². The Hall–Kier alpha value is -1.53. The van der Waals surface area contributed by atoms with Gasteiger partial charge >= 0.3 is 5.97 Å². The fraction of sp³-hybridized carbons (Fsp3) is 0.273. The minimum absolute atomic E-state index is 0.303. The van der Waals surface area contributed by atoms with Crippen molar-refractivity contribution in [2.45, 2.75) is 12.5 Å². The Labute approximate surface area is 104 Å². The van der Waals surface area contributed by atoms with Gasteiger partial charge in [0.15, 0.2) is 5.17 Å². The highest BCUT2D eigenvalue weighted by atomic mass is 32.2. The third kappa shape index (κ3) is 4.46. The maximum absolute atomic E-state index is 10.6. The van der Waals surface area contributed by atoms with Gasteiger partial charge in [0.1, 0.15) is 6.04 Å². The molecule has 1 aromatic carbocycles. The van der Waals surface area contributed by atoms with E-state index in [0.29, 0.717) is 11.6 Å². The maximum atomic E-state index is 10.6. The number of rotatable bonds is 4. The number of hydrogen-bond donors (Lipinski definition) is 3. The summed E-state index contributed by atoms with van der Waals surface area (Å²) >= 11 is 1.37. The van der Waals surface area contributed by atoms with Crippen molar-refractivity contribution in [3.8, 4) is 0 Å². The molecule has 0 heterocycles. The van der Waals surface area contributed by atoms with Gasteiger partial charge in [0.2, 0.25) is 0 Å². The first-order valence-corrected chi connectivity index (χ1v) is 6.21. The Morgan fingerprint density at radius 1 is 1.47 bits per heavy atom. The average Bonchev–Trinajstić information content (AvgIpc) is 2.31. The van der Waals surface area contributed by atoms with Crippen LogP contribution in [-0.4, -0.2) is 28.5 Å². The van der Waals surface area contributed by atoms with E-state index in [1.807, 2.05) is 6.26 Å². The summed E-state index contributed by atoms with van der Waals surface area (Å²) in [6.07, 6.45) is 2.15. The van der Waals surface area contributed by atoms with E-state index in [1.54, 1.807) is 24.3 Å². The van der Waals surface area contributed by atoms with Gasteiger partial charge in [-0.05, 0) is 30.4 Å². The van der Waals surface area contributed by atoms with Crippen molar-refractivity contribution in [2.24, 2.45) is 16.5 Å². The van der Waals surface area contributed by atoms with Crippen molar-refractivity contribution in [1.29, 1.82) is 0 Å². The molecule has 1 unspecified atom stereocenters. The zero-order valence-electron chi connectivity index (χ0n) is 9.46. The SMILES string of the molecule is CSC(N)=Nc1ccc(CC(N)C(=O)O)cc1. The Morgan fingerprint density at radius 3 is 2.53 bits per heavy atom. The third-order valence-electron chi connectivity index (χ3n) is 2.16. The van der Waals surface area contributed by atoms with E-state index in [2.05, 4.69) is 4.99 Å². The van der Waals surface area contributed by atoms with E-state index < -0.39 is 12.0 Å². The van der Waals surface area contributed by atoms with Crippen molar-refractivity contribution in [1.82, 2.24) is 0 Å². The normalized spacial score (nSPS) is 13.4. The number of carbonyl (C=O) groups is 1. The molecule has 0 fully saturated rings. The molecule has 0 amide bonds. The summed E-state index contributed by atoms with van der Waals surface area (Å²) in [7, 11) is 0. The van der Waals surface area contributed by atoms with Crippen LogP contribution in [0.5, 0.6) is 0 Å². The van der Waals surface area contributed by atoms with Gasteiger partial charge in [-0.2, -0.15) is 0 Å². The van der Waals surface area contributed by atoms with E-state index in [9.17, 15) is 4.79 Å². The second-order valence-electron chi connectivity index (χ2n) is 3.47. The van der Waals surface area contributed by atoms with E-state index >= 15 is 0 Å². The number of thioether (sulfide) groups is 1. The molecule has 0 saturated heterocycles. The quantitative estimate of drug-likeness (QED) is 0.547. The van der Waals surface area contributed by atoms with Gasteiger partial charge < -0.3 is 16.6 Å². The summed E-state index contributed by atoms with van der Waals surface area (Å²) in [4.78, 5) is 14.7. The summed E-state index contributed by atoms with van der Waals surface area (Å²) in [6.45, 7) is 0. The molecular weight excluding hydrogens is 238 g/mol. The zero-order valence-corrected chi connectivity index (χ0v) is 10.3. The first-order valence-electron chi connectivity index (χ1n) is 4.98. The van der Waals surface area contributed by atoms with Crippen molar-refractivity contribution < 1.29 is 9.90 Å². The van der Waals surface area contributed by atoms with Crippen LogP contribution in [0.15, 0.2) is 29.3 Å². The minimum atomic E-state index is -1.00. The van der Waals surface area contributed by atoms with Crippen molar-refractivity contribution in [2.75, 3.05) is 6.26 Å². The number of nitrogens with two attached hydrogens (primary N) is 2. The van der Waals surface area contributed by atoms with E-state index in [0.717, 1.165) is 11.3 Å². The number of carboxylic acids is 1. The van der Waals surface area contributed by atoms with Crippen LogP contribution in [0, 0.1) is 0 Å². The number of aliphatic imine (C=N–C) groups is 1. The second kappa shape index (κ2) is 6.27. The molecular formula is C11H15N3O2S. The van der Waals surface area contributed by atoms with Crippen LogP contribution in [0.1, 0.15) is 5.56 Å². The number of hydrogen-bond acceptors (Lipinski definition) is 4. The van der Waals surface area contributed by atoms with Crippen LogP contribution >= 0.6 is 11.8 Å². The predicted molar refractivity (Wildman–Crippen MR) is 70.6 cm³/mol. The molecule has 1 rings (SSSR count). The molecule has 0 aromatic heterocycles.